The Morgan fingerprint density at radius 3 is 2.82 bits per heavy atom. The lowest BCUT2D eigenvalue weighted by atomic mass is 9.97. The largest absolute Gasteiger partial charge is 0.364 e. The second-order valence-electron chi connectivity index (χ2n) is 6.60. The van der Waals surface area contributed by atoms with Crippen LogP contribution in [0.15, 0.2) is 6.33 Å². The molecule has 5 heteroatoms. The summed E-state index contributed by atoms with van der Waals surface area (Å²) in [5.41, 5.74) is 1.53. The highest BCUT2D eigenvalue weighted by Crippen LogP contribution is 2.37. The Bertz CT molecular complexity index is 645. The molecule has 0 aromatic carbocycles. The highest BCUT2D eigenvalue weighted by atomic mass is 32.1. The van der Waals surface area contributed by atoms with Crippen LogP contribution in [0.3, 0.4) is 0 Å². The molecule has 0 atom stereocenters. The molecule has 1 saturated heterocycles. The molecule has 2 aromatic heterocycles. The van der Waals surface area contributed by atoms with Gasteiger partial charge in [-0.1, -0.05) is 0 Å². The van der Waals surface area contributed by atoms with Gasteiger partial charge in [0.05, 0.1) is 31.6 Å². The molecule has 0 spiro atoms. The van der Waals surface area contributed by atoms with Crippen molar-refractivity contribution in [2.75, 3.05) is 31.5 Å². The highest BCUT2D eigenvalue weighted by molar-refractivity contribution is 7.19. The number of fused-ring (bicyclic) bond motifs is 3. The zero-order valence-electron chi connectivity index (χ0n) is 13.2. The molecule has 4 rings (SSSR count). The first-order chi connectivity index (χ1) is 10.9. The number of anilines is 1. The van der Waals surface area contributed by atoms with E-state index in [0.29, 0.717) is 0 Å². The maximum absolute atomic E-state index is 4.55. The smallest absolute Gasteiger partial charge is 0.138 e. The van der Waals surface area contributed by atoms with Gasteiger partial charge in [0.2, 0.25) is 0 Å². The van der Waals surface area contributed by atoms with Crippen LogP contribution in [0, 0.1) is 0 Å². The fraction of sp³-hybridized carbons (Fsp3) is 0.647. The standard InChI is InChI=1S/C17H24N4S/c1-4-9-21(10-5-1)11-8-18-16-15-13-6-2-3-7-14(13)22-17(15)20-12-19-16/h12H,1-11H2,(H,18,19,20)/p+1. The SMILES string of the molecule is c1nc(NCC[NH+]2CCCCC2)c2c3c(sc2n1)CCCC3. The zero-order chi connectivity index (χ0) is 14.8. The summed E-state index contributed by atoms with van der Waals surface area (Å²) in [6, 6.07) is 0. The summed E-state index contributed by atoms with van der Waals surface area (Å²) in [5, 5.41) is 4.92. The van der Waals surface area contributed by atoms with E-state index in [4.69, 9.17) is 0 Å². The van der Waals surface area contributed by atoms with Crippen LogP contribution < -0.4 is 10.2 Å². The van der Waals surface area contributed by atoms with Crippen molar-refractivity contribution in [3.63, 3.8) is 0 Å². The van der Waals surface area contributed by atoms with Gasteiger partial charge in [-0.2, -0.15) is 0 Å². The molecule has 0 saturated carbocycles. The highest BCUT2D eigenvalue weighted by Gasteiger charge is 2.20. The number of aromatic nitrogens is 2. The number of hydrogen-bond donors (Lipinski definition) is 2. The van der Waals surface area contributed by atoms with Crippen molar-refractivity contribution in [1.82, 2.24) is 9.97 Å². The van der Waals surface area contributed by atoms with Gasteiger partial charge in [-0.05, 0) is 50.5 Å². The maximum Gasteiger partial charge on any atom is 0.138 e. The van der Waals surface area contributed by atoms with E-state index >= 15 is 0 Å². The van der Waals surface area contributed by atoms with Crippen LogP contribution in [0.25, 0.3) is 10.2 Å². The Labute approximate surface area is 136 Å². The first-order valence-electron chi connectivity index (χ1n) is 8.74. The summed E-state index contributed by atoms with van der Waals surface area (Å²) in [6.07, 6.45) is 11.0. The lowest BCUT2D eigenvalue weighted by Crippen LogP contribution is -3.13. The second kappa shape index (κ2) is 6.50. The van der Waals surface area contributed by atoms with E-state index in [1.165, 1.54) is 80.4 Å². The molecule has 0 unspecified atom stereocenters. The molecule has 1 aliphatic heterocycles. The van der Waals surface area contributed by atoms with Crippen molar-refractivity contribution < 1.29 is 4.90 Å². The minimum absolute atomic E-state index is 1.02. The molecule has 2 N–H and O–H groups in total. The van der Waals surface area contributed by atoms with Gasteiger partial charge in [-0.3, -0.25) is 0 Å². The molecule has 3 heterocycles. The summed E-state index contributed by atoms with van der Waals surface area (Å²) in [7, 11) is 0. The van der Waals surface area contributed by atoms with Crippen LogP contribution in [-0.2, 0) is 12.8 Å². The third-order valence-electron chi connectivity index (χ3n) is 5.08. The number of nitrogens with one attached hydrogen (secondary N) is 2. The van der Waals surface area contributed by atoms with E-state index in [1.54, 1.807) is 16.1 Å². The van der Waals surface area contributed by atoms with Gasteiger partial charge in [-0.15, -0.1) is 11.3 Å². The van der Waals surface area contributed by atoms with Gasteiger partial charge in [0.1, 0.15) is 17.0 Å². The Kier molecular flexibility index (Phi) is 4.26. The number of hydrogen-bond acceptors (Lipinski definition) is 4. The summed E-state index contributed by atoms with van der Waals surface area (Å²) < 4.78 is 0. The minimum atomic E-state index is 1.02. The second-order valence-corrected chi connectivity index (χ2v) is 7.68. The predicted octanol–water partition coefficient (Wildman–Crippen LogP) is 2.05. The average Bonchev–Trinajstić information content (AvgIpc) is 2.95. The number of likely N-dealkylation sites (tertiary alicyclic amines) is 1. The summed E-state index contributed by atoms with van der Waals surface area (Å²) in [6.45, 7) is 4.91. The molecule has 1 fully saturated rings. The summed E-state index contributed by atoms with van der Waals surface area (Å²) in [5.74, 6) is 1.07. The van der Waals surface area contributed by atoms with Gasteiger partial charge < -0.3 is 10.2 Å². The number of thiophene rings is 1. The van der Waals surface area contributed by atoms with Crippen molar-refractivity contribution in [3.05, 3.63) is 16.8 Å². The fourth-order valence-corrected chi connectivity index (χ4v) is 5.11. The Balaban J connectivity index is 1.50. The van der Waals surface area contributed by atoms with Crippen LogP contribution in [-0.4, -0.2) is 36.1 Å². The van der Waals surface area contributed by atoms with Crippen molar-refractivity contribution in [1.29, 1.82) is 0 Å². The number of rotatable bonds is 4. The monoisotopic (exact) mass is 317 g/mol. The van der Waals surface area contributed by atoms with Gasteiger partial charge in [0.15, 0.2) is 0 Å². The maximum atomic E-state index is 4.55. The molecule has 0 radical (unpaired) electrons. The van der Waals surface area contributed by atoms with E-state index in [2.05, 4.69) is 15.3 Å². The molecular weight excluding hydrogens is 292 g/mol. The Morgan fingerprint density at radius 1 is 1.05 bits per heavy atom. The predicted molar refractivity (Wildman–Crippen MR) is 92.0 cm³/mol. The van der Waals surface area contributed by atoms with Crippen LogP contribution >= 0.6 is 11.3 Å². The number of nitrogens with zero attached hydrogens (tertiary/aromatic N) is 2. The van der Waals surface area contributed by atoms with E-state index < -0.39 is 0 Å². The van der Waals surface area contributed by atoms with Crippen molar-refractivity contribution in [2.24, 2.45) is 0 Å². The normalized spacial score (nSPS) is 19.3. The van der Waals surface area contributed by atoms with Crippen LogP contribution in [0.2, 0.25) is 0 Å². The van der Waals surface area contributed by atoms with Crippen LogP contribution in [0.5, 0.6) is 0 Å². The fourth-order valence-electron chi connectivity index (χ4n) is 3.88. The van der Waals surface area contributed by atoms with Gasteiger partial charge in [-0.25, -0.2) is 9.97 Å². The molecule has 118 valence electrons. The molecule has 2 aliphatic rings. The number of aryl methyl sites for hydroxylation is 2. The van der Waals surface area contributed by atoms with E-state index in [0.717, 1.165) is 12.4 Å². The Morgan fingerprint density at radius 2 is 1.91 bits per heavy atom. The van der Waals surface area contributed by atoms with Crippen LogP contribution in [0.4, 0.5) is 5.82 Å². The Hall–Kier alpha value is -1.20. The third kappa shape index (κ3) is 2.84. The third-order valence-corrected chi connectivity index (χ3v) is 6.28. The van der Waals surface area contributed by atoms with E-state index in [1.807, 2.05) is 11.3 Å². The molecule has 0 bridgehead atoms. The lowest BCUT2D eigenvalue weighted by Gasteiger charge is -2.23. The topological polar surface area (TPSA) is 42.2 Å². The van der Waals surface area contributed by atoms with Crippen molar-refractivity contribution in [3.8, 4) is 0 Å². The molecule has 1 aliphatic carbocycles. The quantitative estimate of drug-likeness (QED) is 0.907. The number of quaternary nitrogens is 1. The molecule has 4 nitrogen and oxygen atoms in total. The zero-order valence-corrected chi connectivity index (χ0v) is 14.0. The molecule has 22 heavy (non-hydrogen) atoms. The number of piperidine rings is 1. The van der Waals surface area contributed by atoms with Gasteiger partial charge in [0, 0.05) is 4.88 Å². The van der Waals surface area contributed by atoms with Crippen molar-refractivity contribution >= 4 is 27.4 Å². The van der Waals surface area contributed by atoms with Crippen LogP contribution in [0.1, 0.15) is 42.5 Å². The molecule has 2 aromatic rings. The molecule has 0 amide bonds. The van der Waals surface area contributed by atoms with E-state index in [9.17, 15) is 0 Å². The minimum Gasteiger partial charge on any atom is -0.364 e. The van der Waals surface area contributed by atoms with Crippen molar-refractivity contribution in [2.45, 2.75) is 44.9 Å². The van der Waals surface area contributed by atoms with Gasteiger partial charge >= 0.3 is 0 Å². The average molecular weight is 317 g/mol. The van der Waals surface area contributed by atoms with E-state index in [-0.39, 0.29) is 0 Å². The summed E-state index contributed by atoms with van der Waals surface area (Å²) in [4.78, 5) is 13.5. The molecular formula is C17H25N4S+. The summed E-state index contributed by atoms with van der Waals surface area (Å²) >= 11 is 1.88. The first-order valence-corrected chi connectivity index (χ1v) is 9.56. The van der Waals surface area contributed by atoms with Gasteiger partial charge in [0.25, 0.3) is 0 Å². The first kappa shape index (κ1) is 14.4. The lowest BCUT2D eigenvalue weighted by molar-refractivity contribution is -0.903.